The molecule has 0 radical (unpaired) electrons. The van der Waals surface area contributed by atoms with Crippen molar-refractivity contribution >= 4 is 24.5 Å². The van der Waals surface area contributed by atoms with Crippen molar-refractivity contribution in [1.82, 2.24) is 0 Å². The van der Waals surface area contributed by atoms with E-state index in [2.05, 4.69) is 13.2 Å². The molecule has 0 bridgehead atoms. The molecular formula is C22H20O6. The quantitative estimate of drug-likeness (QED) is 0.269. The average Bonchev–Trinajstić information content (AvgIpc) is 2.71. The summed E-state index contributed by atoms with van der Waals surface area (Å²) in [7, 11) is 0. The van der Waals surface area contributed by atoms with Gasteiger partial charge in [0.15, 0.2) is 0 Å². The molecule has 0 aromatic heterocycles. The van der Waals surface area contributed by atoms with Crippen molar-refractivity contribution in [3.05, 3.63) is 85.0 Å². The van der Waals surface area contributed by atoms with Crippen LogP contribution in [0.3, 0.4) is 0 Å². The predicted molar refractivity (Wildman–Crippen MR) is 106 cm³/mol. The monoisotopic (exact) mass is 380 g/mol. The Balaban J connectivity index is 1.89. The largest absolute Gasteiger partial charge is 0.514 e. The fraction of sp³-hybridized carbons (Fsp3) is 0.0909. The van der Waals surface area contributed by atoms with Crippen LogP contribution in [0.5, 0.6) is 11.5 Å². The first-order valence-corrected chi connectivity index (χ1v) is 8.40. The molecule has 2 aromatic carbocycles. The third-order valence-corrected chi connectivity index (χ3v) is 3.27. The average molecular weight is 380 g/mol. The molecule has 0 amide bonds. The van der Waals surface area contributed by atoms with Gasteiger partial charge in [-0.1, -0.05) is 61.7 Å². The molecule has 0 unspecified atom stereocenters. The minimum Gasteiger partial charge on any atom is -0.430 e. The molecule has 2 rings (SSSR count). The van der Waals surface area contributed by atoms with Gasteiger partial charge in [0.2, 0.25) is 0 Å². The van der Waals surface area contributed by atoms with Gasteiger partial charge in [0.25, 0.3) is 0 Å². The van der Waals surface area contributed by atoms with E-state index in [0.717, 1.165) is 11.1 Å². The summed E-state index contributed by atoms with van der Waals surface area (Å²) >= 11 is 0. The Morgan fingerprint density at radius 2 is 1.04 bits per heavy atom. The maximum atomic E-state index is 11.4. The molecule has 0 saturated heterocycles. The number of carbonyl (C=O) groups excluding carboxylic acids is 2. The summed E-state index contributed by atoms with van der Waals surface area (Å²) in [5, 5.41) is 0. The van der Waals surface area contributed by atoms with Crippen LogP contribution in [-0.4, -0.2) is 25.5 Å². The fourth-order valence-electron chi connectivity index (χ4n) is 1.99. The highest BCUT2D eigenvalue weighted by Gasteiger charge is 2.05. The molecule has 144 valence electrons. The predicted octanol–water partition coefficient (Wildman–Crippen LogP) is 5.26. The van der Waals surface area contributed by atoms with Gasteiger partial charge in [-0.3, -0.25) is 0 Å². The number of carbonyl (C=O) groups is 2. The van der Waals surface area contributed by atoms with Gasteiger partial charge >= 0.3 is 12.3 Å². The molecule has 6 heteroatoms. The van der Waals surface area contributed by atoms with Crippen LogP contribution in [0.1, 0.15) is 11.1 Å². The Kier molecular flexibility index (Phi) is 8.08. The summed E-state index contributed by atoms with van der Waals surface area (Å²) in [5.74, 6) is 0.770. The number of hydrogen-bond donors (Lipinski definition) is 0. The van der Waals surface area contributed by atoms with E-state index in [1.807, 2.05) is 12.2 Å². The van der Waals surface area contributed by atoms with Crippen molar-refractivity contribution < 1.29 is 28.5 Å². The highest BCUT2D eigenvalue weighted by molar-refractivity contribution is 5.71. The maximum Gasteiger partial charge on any atom is 0.514 e. The molecule has 0 aliphatic rings. The van der Waals surface area contributed by atoms with Gasteiger partial charge in [0.1, 0.15) is 24.7 Å². The topological polar surface area (TPSA) is 71.1 Å². The molecule has 0 saturated carbocycles. The number of ether oxygens (including phenoxy) is 4. The molecule has 28 heavy (non-hydrogen) atoms. The molecule has 0 atom stereocenters. The van der Waals surface area contributed by atoms with Crippen molar-refractivity contribution in [1.29, 1.82) is 0 Å². The summed E-state index contributed by atoms with van der Waals surface area (Å²) in [6.07, 6.45) is 5.16. The number of benzene rings is 2. The Morgan fingerprint density at radius 1 is 0.679 bits per heavy atom. The van der Waals surface area contributed by atoms with E-state index in [-0.39, 0.29) is 13.2 Å². The van der Waals surface area contributed by atoms with Gasteiger partial charge in [-0.05, 0) is 35.4 Å². The van der Waals surface area contributed by atoms with Crippen LogP contribution in [-0.2, 0) is 9.47 Å². The Morgan fingerprint density at radius 3 is 1.36 bits per heavy atom. The lowest BCUT2D eigenvalue weighted by atomic mass is 10.1. The summed E-state index contributed by atoms with van der Waals surface area (Å²) in [4.78, 5) is 22.7. The van der Waals surface area contributed by atoms with Crippen molar-refractivity contribution in [2.75, 3.05) is 13.2 Å². The lowest BCUT2D eigenvalue weighted by molar-refractivity contribution is 0.108. The van der Waals surface area contributed by atoms with Gasteiger partial charge in [-0.2, -0.15) is 0 Å². The van der Waals surface area contributed by atoms with E-state index in [4.69, 9.17) is 18.9 Å². The molecule has 0 aliphatic carbocycles. The van der Waals surface area contributed by atoms with Crippen LogP contribution >= 0.6 is 0 Å². The molecule has 0 aliphatic heterocycles. The number of hydrogen-bond acceptors (Lipinski definition) is 6. The van der Waals surface area contributed by atoms with Crippen molar-refractivity contribution in [3.63, 3.8) is 0 Å². The Bertz CT molecular complexity index is 763. The van der Waals surface area contributed by atoms with E-state index in [1.165, 1.54) is 12.2 Å². The summed E-state index contributed by atoms with van der Waals surface area (Å²) in [5.41, 5.74) is 1.83. The summed E-state index contributed by atoms with van der Waals surface area (Å²) in [6, 6.07) is 13.9. The van der Waals surface area contributed by atoms with Gasteiger partial charge in [0, 0.05) is 0 Å². The SMILES string of the molecule is C=CCOC(=O)Oc1ccc(C=Cc2ccc(OC(=O)OCC=C)cc2)cc1. The fourth-order valence-corrected chi connectivity index (χ4v) is 1.99. The standard InChI is InChI=1S/C22H20O6/c1-3-15-25-21(23)27-19-11-7-17(8-12-19)5-6-18-9-13-20(14-10-18)28-22(24)26-16-4-2/h3-14H,1-2,15-16H2. The zero-order chi connectivity index (χ0) is 20.2. The van der Waals surface area contributed by atoms with Crippen LogP contribution in [0, 0.1) is 0 Å². The van der Waals surface area contributed by atoms with Gasteiger partial charge in [-0.25, -0.2) is 9.59 Å². The third kappa shape index (κ3) is 7.21. The van der Waals surface area contributed by atoms with E-state index >= 15 is 0 Å². The highest BCUT2D eigenvalue weighted by Crippen LogP contribution is 2.17. The maximum absolute atomic E-state index is 11.4. The number of rotatable bonds is 8. The molecule has 6 nitrogen and oxygen atoms in total. The molecular weight excluding hydrogens is 360 g/mol. The van der Waals surface area contributed by atoms with Gasteiger partial charge in [-0.15, -0.1) is 0 Å². The van der Waals surface area contributed by atoms with Crippen LogP contribution in [0.15, 0.2) is 73.8 Å². The molecule has 0 N–H and O–H groups in total. The lowest BCUT2D eigenvalue weighted by Crippen LogP contribution is -2.10. The van der Waals surface area contributed by atoms with Crippen LogP contribution < -0.4 is 9.47 Å². The summed E-state index contributed by atoms with van der Waals surface area (Å²) < 4.78 is 19.5. The van der Waals surface area contributed by atoms with E-state index < -0.39 is 12.3 Å². The Labute approximate surface area is 163 Å². The normalized spacial score (nSPS) is 10.1. The zero-order valence-electron chi connectivity index (χ0n) is 15.2. The molecule has 2 aromatic rings. The Hall–Kier alpha value is -3.80. The van der Waals surface area contributed by atoms with E-state index in [0.29, 0.717) is 11.5 Å². The second-order valence-electron chi connectivity index (χ2n) is 5.37. The van der Waals surface area contributed by atoms with Gasteiger partial charge in [0.05, 0.1) is 0 Å². The first-order chi connectivity index (χ1) is 13.6. The molecule has 0 spiro atoms. The molecule has 0 heterocycles. The van der Waals surface area contributed by atoms with Crippen LogP contribution in [0.2, 0.25) is 0 Å². The highest BCUT2D eigenvalue weighted by atomic mass is 16.7. The minimum absolute atomic E-state index is 0.0967. The summed E-state index contributed by atoms with van der Waals surface area (Å²) in [6.45, 7) is 7.10. The van der Waals surface area contributed by atoms with Gasteiger partial charge < -0.3 is 18.9 Å². The first kappa shape index (κ1) is 20.5. The van der Waals surface area contributed by atoms with Crippen molar-refractivity contribution in [3.8, 4) is 11.5 Å². The second kappa shape index (κ2) is 11.0. The first-order valence-electron chi connectivity index (χ1n) is 8.40. The van der Waals surface area contributed by atoms with Crippen molar-refractivity contribution in [2.45, 2.75) is 0 Å². The van der Waals surface area contributed by atoms with E-state index in [9.17, 15) is 9.59 Å². The second-order valence-corrected chi connectivity index (χ2v) is 5.37. The van der Waals surface area contributed by atoms with Crippen LogP contribution in [0.25, 0.3) is 12.2 Å². The van der Waals surface area contributed by atoms with Crippen molar-refractivity contribution in [2.24, 2.45) is 0 Å². The zero-order valence-corrected chi connectivity index (χ0v) is 15.2. The van der Waals surface area contributed by atoms with E-state index in [1.54, 1.807) is 48.5 Å². The molecule has 0 fully saturated rings. The smallest absolute Gasteiger partial charge is 0.430 e. The lowest BCUT2D eigenvalue weighted by Gasteiger charge is -2.04. The van der Waals surface area contributed by atoms with Crippen LogP contribution in [0.4, 0.5) is 9.59 Å². The third-order valence-electron chi connectivity index (χ3n) is 3.27. The minimum atomic E-state index is -0.779.